The van der Waals surface area contributed by atoms with Gasteiger partial charge in [-0.25, -0.2) is 0 Å². The van der Waals surface area contributed by atoms with Gasteiger partial charge in [0.15, 0.2) is 0 Å². The number of carbonyl (C=O) groups excluding carboxylic acids is 1. The minimum atomic E-state index is -0.0636. The summed E-state index contributed by atoms with van der Waals surface area (Å²) in [5.41, 5.74) is 0. The molecule has 0 bridgehead atoms. The second-order valence-corrected chi connectivity index (χ2v) is 3.91. The van der Waals surface area contributed by atoms with Crippen LogP contribution in [0.1, 0.15) is 6.42 Å². The van der Waals surface area contributed by atoms with E-state index in [1.807, 2.05) is 7.05 Å². The van der Waals surface area contributed by atoms with E-state index in [0.29, 0.717) is 13.2 Å². The molecular weight excluding hydrogens is 194 g/mol. The Morgan fingerprint density at radius 2 is 2.47 bits per heavy atom. The van der Waals surface area contributed by atoms with Crippen LogP contribution in [-0.4, -0.2) is 63.8 Å². The molecule has 1 aliphatic rings. The van der Waals surface area contributed by atoms with Gasteiger partial charge in [-0.2, -0.15) is 0 Å². The fraction of sp³-hybridized carbons (Fsp3) is 0.900. The Balaban J connectivity index is 2.15. The zero-order valence-electron chi connectivity index (χ0n) is 9.58. The van der Waals surface area contributed by atoms with Crippen LogP contribution in [0.15, 0.2) is 0 Å². The van der Waals surface area contributed by atoms with Crippen molar-refractivity contribution in [3.8, 4) is 0 Å². The number of methoxy groups -OCH3 is 1. The highest BCUT2D eigenvalue weighted by atomic mass is 16.5. The first kappa shape index (κ1) is 12.4. The third kappa shape index (κ3) is 4.59. The Hall–Kier alpha value is -0.650. The molecule has 1 aliphatic heterocycles. The summed E-state index contributed by atoms with van der Waals surface area (Å²) >= 11 is 0. The van der Waals surface area contributed by atoms with E-state index in [2.05, 4.69) is 15.5 Å². The van der Waals surface area contributed by atoms with Crippen LogP contribution in [0.2, 0.25) is 0 Å². The van der Waals surface area contributed by atoms with E-state index in [1.165, 1.54) is 0 Å². The number of carbonyl (C=O) groups is 1. The third-order valence-electron chi connectivity index (χ3n) is 2.52. The summed E-state index contributed by atoms with van der Waals surface area (Å²) in [5, 5.41) is 6.10. The normalized spacial score (nSPS) is 22.7. The first-order valence-electron chi connectivity index (χ1n) is 5.42. The maximum absolute atomic E-state index is 11.7. The topological polar surface area (TPSA) is 53.6 Å². The van der Waals surface area contributed by atoms with Gasteiger partial charge >= 0.3 is 0 Å². The monoisotopic (exact) mass is 215 g/mol. The summed E-state index contributed by atoms with van der Waals surface area (Å²) in [7, 11) is 3.70. The summed E-state index contributed by atoms with van der Waals surface area (Å²) in [6.07, 6.45) is 0.866. The first-order valence-corrected chi connectivity index (χ1v) is 5.42. The Bertz CT molecular complexity index is 199. The second kappa shape index (κ2) is 6.76. The molecule has 1 saturated heterocycles. The summed E-state index contributed by atoms with van der Waals surface area (Å²) < 4.78 is 4.91. The van der Waals surface area contributed by atoms with Crippen molar-refractivity contribution in [2.75, 3.05) is 46.9 Å². The van der Waals surface area contributed by atoms with Gasteiger partial charge in [0.05, 0.1) is 6.04 Å². The van der Waals surface area contributed by atoms with E-state index in [0.717, 1.165) is 26.1 Å². The van der Waals surface area contributed by atoms with Gasteiger partial charge in [0.25, 0.3) is 0 Å². The van der Waals surface area contributed by atoms with Gasteiger partial charge in [0, 0.05) is 39.9 Å². The largest absolute Gasteiger partial charge is 0.385 e. The molecule has 5 nitrogen and oxygen atoms in total. The lowest BCUT2D eigenvalue weighted by Crippen LogP contribution is -2.56. The van der Waals surface area contributed by atoms with Crippen LogP contribution >= 0.6 is 0 Å². The molecule has 0 saturated carbocycles. The van der Waals surface area contributed by atoms with E-state index in [1.54, 1.807) is 7.11 Å². The van der Waals surface area contributed by atoms with E-state index in [-0.39, 0.29) is 11.9 Å². The van der Waals surface area contributed by atoms with Gasteiger partial charge in [-0.3, -0.25) is 4.79 Å². The number of amides is 1. The predicted octanol–water partition coefficient (Wildman–Crippen LogP) is -0.957. The summed E-state index contributed by atoms with van der Waals surface area (Å²) in [6, 6.07) is -0.0636. The summed E-state index contributed by atoms with van der Waals surface area (Å²) in [6.45, 7) is 4.06. The van der Waals surface area contributed by atoms with Crippen molar-refractivity contribution in [3.05, 3.63) is 0 Å². The van der Waals surface area contributed by atoms with Crippen LogP contribution in [0, 0.1) is 0 Å². The smallest absolute Gasteiger partial charge is 0.238 e. The summed E-state index contributed by atoms with van der Waals surface area (Å²) in [5.74, 6) is 0.0950. The Labute approximate surface area is 91.2 Å². The highest BCUT2D eigenvalue weighted by molar-refractivity contribution is 5.82. The summed E-state index contributed by atoms with van der Waals surface area (Å²) in [4.78, 5) is 13.8. The Kier molecular flexibility index (Phi) is 5.60. The molecule has 1 atom stereocenters. The van der Waals surface area contributed by atoms with Crippen molar-refractivity contribution in [1.82, 2.24) is 15.5 Å². The maximum atomic E-state index is 11.7. The fourth-order valence-corrected chi connectivity index (χ4v) is 1.62. The molecule has 0 aromatic heterocycles. The number of hydrogen-bond donors (Lipinski definition) is 2. The molecule has 1 fully saturated rings. The highest BCUT2D eigenvalue weighted by Gasteiger charge is 2.22. The zero-order valence-corrected chi connectivity index (χ0v) is 9.58. The van der Waals surface area contributed by atoms with Crippen molar-refractivity contribution in [3.63, 3.8) is 0 Å². The fourth-order valence-electron chi connectivity index (χ4n) is 1.62. The van der Waals surface area contributed by atoms with Gasteiger partial charge in [-0.15, -0.1) is 0 Å². The third-order valence-corrected chi connectivity index (χ3v) is 2.52. The van der Waals surface area contributed by atoms with Crippen LogP contribution in [0.4, 0.5) is 0 Å². The van der Waals surface area contributed by atoms with Gasteiger partial charge in [-0.1, -0.05) is 0 Å². The number of piperazine rings is 1. The molecule has 0 radical (unpaired) electrons. The van der Waals surface area contributed by atoms with Crippen LogP contribution < -0.4 is 10.6 Å². The first-order chi connectivity index (χ1) is 7.24. The zero-order chi connectivity index (χ0) is 11.1. The lowest BCUT2D eigenvalue weighted by atomic mass is 10.2. The van der Waals surface area contributed by atoms with Crippen LogP contribution in [0.5, 0.6) is 0 Å². The number of likely N-dealkylation sites (N-methyl/N-ethyl adjacent to an activating group) is 1. The number of nitrogens with one attached hydrogen (secondary N) is 2. The van der Waals surface area contributed by atoms with E-state index in [4.69, 9.17) is 4.74 Å². The Morgan fingerprint density at radius 3 is 3.13 bits per heavy atom. The molecule has 2 N–H and O–H groups in total. The Morgan fingerprint density at radius 1 is 1.67 bits per heavy atom. The minimum absolute atomic E-state index is 0.0636. The lowest BCUT2D eigenvalue weighted by Gasteiger charge is -2.29. The number of hydrogen-bond acceptors (Lipinski definition) is 4. The maximum Gasteiger partial charge on any atom is 0.238 e. The minimum Gasteiger partial charge on any atom is -0.385 e. The predicted molar refractivity (Wildman–Crippen MR) is 58.8 cm³/mol. The molecule has 5 heteroatoms. The molecule has 0 aromatic carbocycles. The van der Waals surface area contributed by atoms with Crippen molar-refractivity contribution in [1.29, 1.82) is 0 Å². The van der Waals surface area contributed by atoms with Gasteiger partial charge < -0.3 is 20.3 Å². The van der Waals surface area contributed by atoms with Crippen LogP contribution in [0.3, 0.4) is 0 Å². The van der Waals surface area contributed by atoms with Crippen molar-refractivity contribution in [2.45, 2.75) is 12.5 Å². The van der Waals surface area contributed by atoms with E-state index < -0.39 is 0 Å². The molecule has 1 unspecified atom stereocenters. The van der Waals surface area contributed by atoms with Crippen molar-refractivity contribution in [2.24, 2.45) is 0 Å². The molecule has 0 aromatic rings. The van der Waals surface area contributed by atoms with Crippen LogP contribution in [0.25, 0.3) is 0 Å². The van der Waals surface area contributed by atoms with Gasteiger partial charge in [0.2, 0.25) is 5.91 Å². The molecule has 15 heavy (non-hydrogen) atoms. The molecule has 0 aliphatic carbocycles. The SMILES string of the molecule is COCCCNC(=O)C1CN(C)CCN1. The molecule has 1 rings (SSSR count). The molecule has 1 amide bonds. The van der Waals surface area contributed by atoms with E-state index >= 15 is 0 Å². The quantitative estimate of drug-likeness (QED) is 0.580. The van der Waals surface area contributed by atoms with Crippen molar-refractivity contribution < 1.29 is 9.53 Å². The number of rotatable bonds is 5. The lowest BCUT2D eigenvalue weighted by molar-refractivity contribution is -0.124. The number of nitrogens with zero attached hydrogens (tertiary/aromatic N) is 1. The second-order valence-electron chi connectivity index (χ2n) is 3.91. The van der Waals surface area contributed by atoms with E-state index in [9.17, 15) is 4.79 Å². The molecular formula is C10H21N3O2. The highest BCUT2D eigenvalue weighted by Crippen LogP contribution is 1.95. The average Bonchev–Trinajstić information content (AvgIpc) is 2.24. The van der Waals surface area contributed by atoms with Gasteiger partial charge in [-0.05, 0) is 13.5 Å². The number of ether oxygens (including phenoxy) is 1. The van der Waals surface area contributed by atoms with Gasteiger partial charge in [0.1, 0.15) is 0 Å². The molecule has 88 valence electrons. The molecule has 0 spiro atoms. The van der Waals surface area contributed by atoms with Crippen LogP contribution in [-0.2, 0) is 9.53 Å². The molecule has 1 heterocycles. The van der Waals surface area contributed by atoms with Crippen molar-refractivity contribution >= 4 is 5.91 Å². The standard InChI is InChI=1S/C10H21N3O2/c1-13-6-5-11-9(8-13)10(14)12-4-3-7-15-2/h9,11H,3-8H2,1-2H3,(H,12,14). The average molecular weight is 215 g/mol.